The summed E-state index contributed by atoms with van der Waals surface area (Å²) in [6.07, 6.45) is 5.29. The molecular weight excluding hydrogens is 400 g/mol. The molecule has 0 aliphatic carbocycles. The zero-order valence-corrected chi connectivity index (χ0v) is 16.8. The molecule has 0 amide bonds. The molecule has 0 atom stereocenters. The molecule has 1 aliphatic heterocycles. The van der Waals surface area contributed by atoms with Gasteiger partial charge in [-0.15, -0.1) is 0 Å². The summed E-state index contributed by atoms with van der Waals surface area (Å²) in [6.45, 7) is 1.75. The predicted octanol–water partition coefficient (Wildman–Crippen LogP) is 6.04. The maximum atomic E-state index is 12.6. The fraction of sp³-hybridized carbons (Fsp3) is 0.0400. The largest absolute Gasteiger partial charge is 0.452 e. The lowest BCUT2D eigenvalue weighted by molar-refractivity contribution is 0.0733. The van der Waals surface area contributed by atoms with Gasteiger partial charge in [0.25, 0.3) is 0 Å². The first kappa shape index (κ1) is 19.7. The smallest absolute Gasteiger partial charge is 0.343 e. The number of esters is 1. The first-order chi connectivity index (χ1) is 14.5. The van der Waals surface area contributed by atoms with Crippen molar-refractivity contribution in [2.75, 3.05) is 0 Å². The summed E-state index contributed by atoms with van der Waals surface area (Å²) in [7, 11) is 0. The molecule has 0 radical (unpaired) electrons. The van der Waals surface area contributed by atoms with Gasteiger partial charge < -0.3 is 9.47 Å². The van der Waals surface area contributed by atoms with Crippen molar-refractivity contribution in [1.82, 2.24) is 0 Å². The average molecular weight is 417 g/mol. The molecule has 1 heterocycles. The number of rotatable bonds is 4. The minimum absolute atomic E-state index is 0.210. The van der Waals surface area contributed by atoms with Crippen molar-refractivity contribution in [2.24, 2.45) is 0 Å². The number of carbonyl (C=O) groups excluding carboxylic acids is 2. The van der Waals surface area contributed by atoms with Crippen LogP contribution in [0.2, 0.25) is 5.02 Å². The van der Waals surface area contributed by atoms with Gasteiger partial charge in [-0.3, -0.25) is 4.79 Å². The summed E-state index contributed by atoms with van der Waals surface area (Å²) in [5, 5.41) is 0.447. The van der Waals surface area contributed by atoms with Crippen LogP contribution in [0, 0.1) is 6.92 Å². The predicted molar refractivity (Wildman–Crippen MR) is 116 cm³/mol. The Morgan fingerprint density at radius 1 is 1.03 bits per heavy atom. The van der Waals surface area contributed by atoms with Gasteiger partial charge in [-0.25, -0.2) is 4.79 Å². The Balaban J connectivity index is 1.55. The van der Waals surface area contributed by atoms with E-state index in [1.807, 2.05) is 36.4 Å². The van der Waals surface area contributed by atoms with E-state index in [1.165, 1.54) is 6.07 Å². The van der Waals surface area contributed by atoms with E-state index in [-0.39, 0.29) is 11.5 Å². The van der Waals surface area contributed by atoms with Crippen LogP contribution >= 0.6 is 11.6 Å². The highest BCUT2D eigenvalue weighted by atomic mass is 35.5. The van der Waals surface area contributed by atoms with E-state index in [9.17, 15) is 9.59 Å². The fourth-order valence-corrected chi connectivity index (χ4v) is 3.27. The number of fused-ring (bicyclic) bond motifs is 1. The van der Waals surface area contributed by atoms with E-state index in [0.717, 1.165) is 5.56 Å². The van der Waals surface area contributed by atoms with Crippen molar-refractivity contribution < 1.29 is 19.1 Å². The number of Topliss-reactive ketones (excluding diaryl/α,β-unsaturated/α-hetero) is 1. The molecule has 0 aromatic heterocycles. The van der Waals surface area contributed by atoms with Crippen LogP contribution < -0.4 is 9.47 Å². The van der Waals surface area contributed by atoms with Gasteiger partial charge in [-0.2, -0.15) is 0 Å². The molecule has 5 heteroatoms. The maximum absolute atomic E-state index is 12.6. The number of halogens is 1. The van der Waals surface area contributed by atoms with Gasteiger partial charge in [0.2, 0.25) is 5.78 Å². The molecule has 148 valence electrons. The van der Waals surface area contributed by atoms with Gasteiger partial charge in [0.15, 0.2) is 5.76 Å². The van der Waals surface area contributed by atoms with E-state index >= 15 is 0 Å². The van der Waals surface area contributed by atoms with E-state index in [2.05, 4.69) is 0 Å². The first-order valence-electron chi connectivity index (χ1n) is 9.30. The minimum Gasteiger partial charge on any atom is -0.452 e. The number of ketones is 1. The standard InChI is InChI=1S/C25H17ClO4/c1-16-21(30-25(28)18-10-6-11-19(26)15-18)14-13-20-23(27)22(29-24(16)20)12-5-9-17-7-3-2-4-8-17/h2-15H,1H3/b9-5+,22-12-. The normalized spacial score (nSPS) is 14.1. The van der Waals surface area contributed by atoms with Crippen molar-refractivity contribution in [3.8, 4) is 11.5 Å². The summed E-state index contributed by atoms with van der Waals surface area (Å²) < 4.78 is 11.3. The Morgan fingerprint density at radius 3 is 2.60 bits per heavy atom. The molecule has 0 spiro atoms. The zero-order valence-electron chi connectivity index (χ0n) is 16.1. The summed E-state index contributed by atoms with van der Waals surface area (Å²) in [4.78, 5) is 25.0. The summed E-state index contributed by atoms with van der Waals surface area (Å²) >= 11 is 5.94. The molecular formula is C25H17ClO4. The van der Waals surface area contributed by atoms with Crippen molar-refractivity contribution >= 4 is 29.4 Å². The van der Waals surface area contributed by atoms with Gasteiger partial charge in [0.1, 0.15) is 11.5 Å². The number of benzene rings is 3. The van der Waals surface area contributed by atoms with Gasteiger partial charge in [0, 0.05) is 10.6 Å². The first-order valence-corrected chi connectivity index (χ1v) is 9.68. The second-order valence-corrected chi connectivity index (χ2v) is 7.13. The van der Waals surface area contributed by atoms with Crippen LogP contribution in [0.5, 0.6) is 11.5 Å². The molecule has 4 rings (SSSR count). The van der Waals surface area contributed by atoms with Gasteiger partial charge in [-0.05, 0) is 48.9 Å². The molecule has 0 N–H and O–H groups in total. The summed E-state index contributed by atoms with van der Waals surface area (Å²) in [5.41, 5.74) is 2.37. The number of carbonyl (C=O) groups is 2. The molecule has 3 aromatic rings. The number of allylic oxidation sites excluding steroid dienone is 3. The lowest BCUT2D eigenvalue weighted by Crippen LogP contribution is -2.09. The molecule has 30 heavy (non-hydrogen) atoms. The Kier molecular flexibility index (Phi) is 5.50. The van der Waals surface area contributed by atoms with E-state index < -0.39 is 5.97 Å². The Labute approximate surface area is 179 Å². The highest BCUT2D eigenvalue weighted by Gasteiger charge is 2.30. The van der Waals surface area contributed by atoms with Crippen molar-refractivity contribution in [3.05, 3.63) is 112 Å². The highest BCUT2D eigenvalue weighted by Crippen LogP contribution is 2.39. The molecule has 4 nitrogen and oxygen atoms in total. The summed E-state index contributed by atoms with van der Waals surface area (Å²) in [5.74, 6) is 0.201. The second kappa shape index (κ2) is 8.39. The Morgan fingerprint density at radius 2 is 1.83 bits per heavy atom. The number of hydrogen-bond acceptors (Lipinski definition) is 4. The van der Waals surface area contributed by atoms with Crippen molar-refractivity contribution in [2.45, 2.75) is 6.92 Å². The number of hydrogen-bond donors (Lipinski definition) is 0. The maximum Gasteiger partial charge on any atom is 0.343 e. The van der Waals surface area contributed by atoms with Gasteiger partial charge in [0.05, 0.1) is 11.1 Å². The topological polar surface area (TPSA) is 52.6 Å². The molecule has 0 bridgehead atoms. The molecule has 1 aliphatic rings. The van der Waals surface area contributed by atoms with Crippen LogP contribution in [0.4, 0.5) is 0 Å². The average Bonchev–Trinajstić information content (AvgIpc) is 3.07. The van der Waals surface area contributed by atoms with Crippen LogP contribution in [-0.2, 0) is 0 Å². The molecule has 0 saturated heterocycles. The van der Waals surface area contributed by atoms with Crippen molar-refractivity contribution in [3.63, 3.8) is 0 Å². The Bertz CT molecular complexity index is 1190. The van der Waals surface area contributed by atoms with Crippen LogP contribution in [-0.4, -0.2) is 11.8 Å². The monoisotopic (exact) mass is 416 g/mol. The zero-order chi connectivity index (χ0) is 21.1. The van der Waals surface area contributed by atoms with Gasteiger partial charge >= 0.3 is 5.97 Å². The Hall–Kier alpha value is -3.63. The molecule has 0 saturated carbocycles. The fourth-order valence-electron chi connectivity index (χ4n) is 3.08. The lowest BCUT2D eigenvalue weighted by Gasteiger charge is -2.10. The van der Waals surface area contributed by atoms with Crippen LogP contribution in [0.25, 0.3) is 6.08 Å². The highest BCUT2D eigenvalue weighted by molar-refractivity contribution is 6.30. The second-order valence-electron chi connectivity index (χ2n) is 6.70. The minimum atomic E-state index is -0.536. The van der Waals surface area contributed by atoms with Crippen LogP contribution in [0.3, 0.4) is 0 Å². The lowest BCUT2D eigenvalue weighted by atomic mass is 10.1. The third-order valence-corrected chi connectivity index (χ3v) is 4.87. The third kappa shape index (κ3) is 4.04. The van der Waals surface area contributed by atoms with Crippen LogP contribution in [0.15, 0.2) is 84.6 Å². The van der Waals surface area contributed by atoms with E-state index in [4.69, 9.17) is 21.1 Å². The number of ether oxygens (including phenoxy) is 2. The van der Waals surface area contributed by atoms with Crippen LogP contribution in [0.1, 0.15) is 31.8 Å². The third-order valence-electron chi connectivity index (χ3n) is 4.64. The quantitative estimate of drug-likeness (QED) is 0.295. The van der Waals surface area contributed by atoms with E-state index in [0.29, 0.717) is 33.2 Å². The van der Waals surface area contributed by atoms with E-state index in [1.54, 1.807) is 49.4 Å². The SMILES string of the molecule is Cc1c(OC(=O)c2cccc(Cl)c2)ccc2c1O/C(=C\C=C\c1ccccc1)C2=O. The van der Waals surface area contributed by atoms with Crippen molar-refractivity contribution in [1.29, 1.82) is 0 Å². The molecule has 0 unspecified atom stereocenters. The molecule has 3 aromatic carbocycles. The molecule has 0 fully saturated rings. The summed E-state index contributed by atoms with van der Waals surface area (Å²) in [6, 6.07) is 19.5. The van der Waals surface area contributed by atoms with Gasteiger partial charge in [-0.1, -0.05) is 60.2 Å².